The molecule has 0 spiro atoms. The van der Waals surface area contributed by atoms with E-state index in [1.54, 1.807) is 11.3 Å². The first-order chi connectivity index (χ1) is 8.91. The van der Waals surface area contributed by atoms with Gasteiger partial charge >= 0.3 is 0 Å². The second-order valence-corrected chi connectivity index (χ2v) is 7.18. The molecule has 1 fully saturated rings. The van der Waals surface area contributed by atoms with Crippen molar-refractivity contribution < 1.29 is 9.53 Å². The molecule has 1 aromatic rings. The monoisotopic (exact) mass is 281 g/mol. The Labute approximate surface area is 119 Å². The number of carbonyl (C=O) groups is 1. The molecule has 0 aromatic carbocycles. The Balaban J connectivity index is 1.99. The number of Topliss-reactive ketones (excluding diaryl/α,β-unsaturated/α-hetero) is 1. The molecule has 1 saturated carbocycles. The lowest BCUT2D eigenvalue weighted by atomic mass is 9.93. The summed E-state index contributed by atoms with van der Waals surface area (Å²) in [4.78, 5) is 16.9. The molecule has 0 amide bonds. The van der Waals surface area contributed by atoms with E-state index in [0.717, 1.165) is 23.5 Å². The fourth-order valence-electron chi connectivity index (χ4n) is 2.06. The maximum absolute atomic E-state index is 12.3. The lowest BCUT2D eigenvalue weighted by Crippen LogP contribution is -2.28. The smallest absolute Gasteiger partial charge is 0.168 e. The largest absolute Gasteiger partial charge is 0.370 e. The molecule has 3 nitrogen and oxygen atoms in total. The Morgan fingerprint density at radius 2 is 2.21 bits per heavy atom. The zero-order valence-corrected chi connectivity index (χ0v) is 13.0. The number of thiazole rings is 1. The molecule has 1 heterocycles. The summed E-state index contributed by atoms with van der Waals surface area (Å²) in [6, 6.07) is 0. The molecule has 0 aliphatic heterocycles. The lowest BCUT2D eigenvalue weighted by molar-refractivity contribution is -0.130. The van der Waals surface area contributed by atoms with Gasteiger partial charge in [-0.15, -0.1) is 11.3 Å². The Morgan fingerprint density at radius 3 is 2.68 bits per heavy atom. The average Bonchev–Trinajstić information content (AvgIpc) is 3.03. The van der Waals surface area contributed by atoms with Crippen LogP contribution in [0.5, 0.6) is 0 Å². The highest BCUT2D eigenvalue weighted by Crippen LogP contribution is 2.35. The van der Waals surface area contributed by atoms with E-state index in [9.17, 15) is 4.79 Å². The molecule has 1 aromatic heterocycles. The van der Waals surface area contributed by atoms with E-state index in [1.165, 1.54) is 0 Å². The van der Waals surface area contributed by atoms with Crippen molar-refractivity contribution in [2.45, 2.75) is 58.5 Å². The number of nitrogens with zero attached hydrogens (tertiary/aromatic N) is 1. The van der Waals surface area contributed by atoms with Crippen molar-refractivity contribution in [3.8, 4) is 0 Å². The van der Waals surface area contributed by atoms with Crippen molar-refractivity contribution in [1.82, 2.24) is 4.98 Å². The zero-order valence-electron chi connectivity index (χ0n) is 12.2. The van der Waals surface area contributed by atoms with Gasteiger partial charge in [0.05, 0.1) is 12.1 Å². The molecule has 2 rings (SSSR count). The molecule has 1 aliphatic carbocycles. The number of rotatable bonds is 6. The predicted octanol–water partition coefficient (Wildman–Crippen LogP) is 3.37. The third-order valence-electron chi connectivity index (χ3n) is 3.36. The molecular formula is C15H23NO2S. The number of carbonyl (C=O) groups excluding carboxylic acids is 1. The van der Waals surface area contributed by atoms with Crippen LogP contribution < -0.4 is 0 Å². The number of hydrogen-bond donors (Lipinski definition) is 0. The zero-order chi connectivity index (χ0) is 14.0. The summed E-state index contributed by atoms with van der Waals surface area (Å²) in [6.07, 6.45) is 2.47. The Morgan fingerprint density at radius 1 is 1.53 bits per heavy atom. The van der Waals surface area contributed by atoms with Crippen molar-refractivity contribution in [3.63, 3.8) is 0 Å². The van der Waals surface area contributed by atoms with Crippen LogP contribution in [0.1, 0.15) is 51.2 Å². The van der Waals surface area contributed by atoms with Gasteiger partial charge in [0.15, 0.2) is 5.78 Å². The van der Waals surface area contributed by atoms with Crippen LogP contribution in [0.4, 0.5) is 0 Å². The normalized spacial score (nSPS) is 17.5. The lowest BCUT2D eigenvalue weighted by Gasteiger charge is -2.15. The summed E-state index contributed by atoms with van der Waals surface area (Å²) in [5, 5.41) is 2.98. The molecule has 0 saturated heterocycles. The van der Waals surface area contributed by atoms with Crippen LogP contribution in [0.3, 0.4) is 0 Å². The summed E-state index contributed by atoms with van der Waals surface area (Å²) in [5.74, 6) is 0.647. The maximum atomic E-state index is 12.3. The van der Waals surface area contributed by atoms with E-state index in [2.05, 4.69) is 31.1 Å². The number of ketones is 1. The minimum Gasteiger partial charge on any atom is -0.370 e. The van der Waals surface area contributed by atoms with Crippen LogP contribution in [-0.2, 0) is 21.4 Å². The van der Waals surface area contributed by atoms with Gasteiger partial charge in [0.25, 0.3) is 0 Å². The van der Waals surface area contributed by atoms with E-state index < -0.39 is 0 Å². The minimum absolute atomic E-state index is 0.0492. The third-order valence-corrected chi connectivity index (χ3v) is 4.21. The standard InChI is InChI=1S/C15H23NO2S/c1-5-18-14(10-6-7-10)11(17)8-13-16-12(9-19-13)15(2,3)4/h9-10,14H,5-8H2,1-4H3. The van der Waals surface area contributed by atoms with Crippen molar-refractivity contribution in [2.24, 2.45) is 5.92 Å². The minimum atomic E-state index is -0.202. The molecule has 106 valence electrons. The summed E-state index contributed by atoms with van der Waals surface area (Å²) in [5.41, 5.74) is 1.12. The topological polar surface area (TPSA) is 39.2 Å². The quantitative estimate of drug-likeness (QED) is 0.802. The molecule has 1 atom stereocenters. The van der Waals surface area contributed by atoms with E-state index in [0.29, 0.717) is 18.9 Å². The summed E-state index contributed by atoms with van der Waals surface area (Å²) in [6.45, 7) is 8.98. The van der Waals surface area contributed by atoms with Crippen molar-refractivity contribution >= 4 is 17.1 Å². The summed E-state index contributed by atoms with van der Waals surface area (Å²) in [7, 11) is 0. The fourth-order valence-corrected chi connectivity index (χ4v) is 3.09. The van der Waals surface area contributed by atoms with E-state index in [4.69, 9.17) is 4.74 Å². The molecular weight excluding hydrogens is 258 g/mol. The average molecular weight is 281 g/mol. The van der Waals surface area contributed by atoms with Crippen LogP contribution >= 0.6 is 11.3 Å². The highest BCUT2D eigenvalue weighted by atomic mass is 32.1. The van der Waals surface area contributed by atoms with Crippen LogP contribution in [0.2, 0.25) is 0 Å². The molecule has 4 heteroatoms. The first-order valence-electron chi connectivity index (χ1n) is 7.01. The number of hydrogen-bond acceptors (Lipinski definition) is 4. The Bertz CT molecular complexity index is 443. The van der Waals surface area contributed by atoms with Gasteiger partial charge in [-0.05, 0) is 25.7 Å². The first kappa shape index (κ1) is 14.7. The second-order valence-electron chi connectivity index (χ2n) is 6.23. The van der Waals surface area contributed by atoms with Gasteiger partial charge in [0.2, 0.25) is 0 Å². The highest BCUT2D eigenvalue weighted by molar-refractivity contribution is 7.09. The van der Waals surface area contributed by atoms with Gasteiger partial charge in [-0.1, -0.05) is 20.8 Å². The highest BCUT2D eigenvalue weighted by Gasteiger charge is 2.36. The molecule has 0 N–H and O–H groups in total. The fraction of sp³-hybridized carbons (Fsp3) is 0.733. The van der Waals surface area contributed by atoms with Gasteiger partial charge in [0.1, 0.15) is 11.1 Å². The third kappa shape index (κ3) is 3.86. The molecule has 1 unspecified atom stereocenters. The van der Waals surface area contributed by atoms with Crippen molar-refractivity contribution in [1.29, 1.82) is 0 Å². The van der Waals surface area contributed by atoms with Crippen LogP contribution in [0, 0.1) is 5.92 Å². The van der Waals surface area contributed by atoms with Crippen LogP contribution in [0.15, 0.2) is 5.38 Å². The SMILES string of the molecule is CCOC(C(=O)Cc1nc(C(C)(C)C)cs1)C1CC1. The Kier molecular flexibility index (Phi) is 4.41. The van der Waals surface area contributed by atoms with Crippen LogP contribution in [0.25, 0.3) is 0 Å². The Hall–Kier alpha value is -0.740. The van der Waals surface area contributed by atoms with Crippen LogP contribution in [-0.4, -0.2) is 23.5 Å². The maximum Gasteiger partial charge on any atom is 0.168 e. The number of ether oxygens (including phenoxy) is 1. The molecule has 1 aliphatic rings. The summed E-state index contributed by atoms with van der Waals surface area (Å²) < 4.78 is 5.60. The predicted molar refractivity (Wildman–Crippen MR) is 77.7 cm³/mol. The molecule has 0 bridgehead atoms. The van der Waals surface area contributed by atoms with Gasteiger partial charge in [-0.25, -0.2) is 4.98 Å². The first-order valence-corrected chi connectivity index (χ1v) is 7.89. The van der Waals surface area contributed by atoms with E-state index >= 15 is 0 Å². The van der Waals surface area contributed by atoms with Crippen molar-refractivity contribution in [2.75, 3.05) is 6.61 Å². The summed E-state index contributed by atoms with van der Waals surface area (Å²) >= 11 is 1.58. The van der Waals surface area contributed by atoms with E-state index in [1.807, 2.05) is 6.92 Å². The van der Waals surface area contributed by atoms with Gasteiger partial charge in [-0.3, -0.25) is 4.79 Å². The van der Waals surface area contributed by atoms with Gasteiger partial charge in [-0.2, -0.15) is 0 Å². The van der Waals surface area contributed by atoms with Crippen molar-refractivity contribution in [3.05, 3.63) is 16.1 Å². The van der Waals surface area contributed by atoms with Gasteiger partial charge < -0.3 is 4.74 Å². The number of aromatic nitrogens is 1. The second kappa shape index (κ2) is 5.71. The van der Waals surface area contributed by atoms with Gasteiger partial charge in [0, 0.05) is 17.4 Å². The molecule has 19 heavy (non-hydrogen) atoms. The van der Waals surface area contributed by atoms with E-state index in [-0.39, 0.29) is 17.3 Å². The molecule has 0 radical (unpaired) electrons.